The summed E-state index contributed by atoms with van der Waals surface area (Å²) in [4.78, 5) is 0. The number of hydrogen-bond donors (Lipinski definition) is 2. The van der Waals surface area contributed by atoms with Crippen molar-refractivity contribution in [1.82, 2.24) is 10.2 Å². The van der Waals surface area contributed by atoms with E-state index in [2.05, 4.69) is 10.2 Å². The molecule has 1 aromatic rings. The van der Waals surface area contributed by atoms with E-state index in [1.54, 1.807) is 0 Å². The van der Waals surface area contributed by atoms with Gasteiger partial charge in [0.1, 0.15) is 0 Å². The highest BCUT2D eigenvalue weighted by atomic mass is 19.4. The van der Waals surface area contributed by atoms with E-state index in [1.165, 1.54) is 0 Å². The summed E-state index contributed by atoms with van der Waals surface area (Å²) in [5.74, 6) is 0.232. The van der Waals surface area contributed by atoms with E-state index >= 15 is 0 Å². The minimum atomic E-state index is -4.38. The first-order valence-corrected chi connectivity index (χ1v) is 4.88. The van der Waals surface area contributed by atoms with E-state index < -0.39 is 11.9 Å². The third kappa shape index (κ3) is 1.99. The number of nitrogens with one attached hydrogen (secondary N) is 1. The lowest BCUT2D eigenvalue weighted by molar-refractivity contribution is -0.141. The van der Waals surface area contributed by atoms with Crippen molar-refractivity contribution < 1.29 is 13.2 Å². The Morgan fingerprint density at radius 1 is 1.40 bits per heavy atom. The first-order valence-electron chi connectivity index (χ1n) is 4.88. The highest BCUT2D eigenvalue weighted by Gasteiger charge is 2.40. The molecule has 3 nitrogen and oxygen atoms in total. The van der Waals surface area contributed by atoms with Gasteiger partial charge < -0.3 is 5.73 Å². The van der Waals surface area contributed by atoms with Crippen LogP contribution in [0.2, 0.25) is 0 Å². The van der Waals surface area contributed by atoms with Gasteiger partial charge in [-0.25, -0.2) is 0 Å². The van der Waals surface area contributed by atoms with Crippen LogP contribution >= 0.6 is 0 Å². The van der Waals surface area contributed by atoms with Crippen LogP contribution in [0, 0.1) is 0 Å². The summed E-state index contributed by atoms with van der Waals surface area (Å²) < 4.78 is 37.6. The Hall–Kier alpha value is -1.04. The van der Waals surface area contributed by atoms with Crippen molar-refractivity contribution in [2.75, 3.05) is 6.54 Å². The van der Waals surface area contributed by atoms with E-state index in [0.717, 1.165) is 12.8 Å². The molecule has 1 aromatic heterocycles. The summed E-state index contributed by atoms with van der Waals surface area (Å²) in [5, 5.41) is 5.86. The smallest absolute Gasteiger partial charge is 0.330 e. The second kappa shape index (κ2) is 3.52. The molecule has 0 amide bonds. The van der Waals surface area contributed by atoms with Gasteiger partial charge in [-0.3, -0.25) is 5.10 Å². The zero-order valence-corrected chi connectivity index (χ0v) is 8.06. The lowest BCUT2D eigenvalue weighted by Crippen LogP contribution is -2.12. The maximum Gasteiger partial charge on any atom is 0.435 e. The quantitative estimate of drug-likeness (QED) is 0.814. The van der Waals surface area contributed by atoms with Gasteiger partial charge >= 0.3 is 6.18 Å². The summed E-state index contributed by atoms with van der Waals surface area (Å²) >= 11 is 0. The van der Waals surface area contributed by atoms with Crippen molar-refractivity contribution >= 4 is 0 Å². The molecule has 1 aliphatic rings. The first-order chi connectivity index (χ1) is 7.04. The van der Waals surface area contributed by atoms with Gasteiger partial charge in [0.15, 0.2) is 5.69 Å². The number of hydrogen-bond acceptors (Lipinski definition) is 2. The summed E-state index contributed by atoms with van der Waals surface area (Å²) in [6, 6.07) is 0. The molecule has 0 atom stereocenters. The van der Waals surface area contributed by atoms with Gasteiger partial charge in [0, 0.05) is 17.2 Å². The zero-order chi connectivity index (χ0) is 11.1. The van der Waals surface area contributed by atoms with Gasteiger partial charge in [-0.15, -0.1) is 0 Å². The lowest BCUT2D eigenvalue weighted by atomic mass is 10.1. The lowest BCUT2D eigenvalue weighted by Gasteiger charge is -2.06. The minimum Gasteiger partial charge on any atom is -0.330 e. The molecular formula is C9H12F3N3. The first kappa shape index (κ1) is 10.5. The Labute approximate surface area is 84.8 Å². The summed E-state index contributed by atoms with van der Waals surface area (Å²) in [6.45, 7) is 0.211. The van der Waals surface area contributed by atoms with Crippen molar-refractivity contribution in [3.8, 4) is 0 Å². The molecule has 1 aliphatic carbocycles. The van der Waals surface area contributed by atoms with Crippen LogP contribution in [0.1, 0.15) is 35.7 Å². The average Bonchev–Trinajstić information content (AvgIpc) is 2.87. The van der Waals surface area contributed by atoms with Gasteiger partial charge in [0.05, 0.1) is 0 Å². The van der Waals surface area contributed by atoms with Crippen LogP contribution in [-0.2, 0) is 12.6 Å². The molecule has 6 heteroatoms. The molecule has 3 N–H and O–H groups in total. The number of alkyl halides is 3. The summed E-state index contributed by atoms with van der Waals surface area (Å²) in [5.41, 5.74) is 5.41. The van der Waals surface area contributed by atoms with Crippen molar-refractivity contribution in [2.45, 2.75) is 31.4 Å². The predicted molar refractivity (Wildman–Crippen MR) is 48.3 cm³/mol. The fourth-order valence-corrected chi connectivity index (χ4v) is 1.72. The Bertz CT molecular complexity index is 352. The maximum atomic E-state index is 12.5. The predicted octanol–water partition coefficient (Wildman–Crippen LogP) is 1.81. The molecule has 15 heavy (non-hydrogen) atoms. The SMILES string of the molecule is NCCc1c(C(F)(F)F)n[nH]c1C1CC1. The molecule has 0 aromatic carbocycles. The molecular weight excluding hydrogens is 207 g/mol. The Balaban J connectivity index is 2.37. The van der Waals surface area contributed by atoms with Crippen LogP contribution in [0.4, 0.5) is 13.2 Å². The third-order valence-corrected chi connectivity index (χ3v) is 2.55. The highest BCUT2D eigenvalue weighted by Crippen LogP contribution is 2.43. The van der Waals surface area contributed by atoms with Crippen LogP contribution in [0.25, 0.3) is 0 Å². The Morgan fingerprint density at radius 3 is 2.53 bits per heavy atom. The number of H-pyrrole nitrogens is 1. The van der Waals surface area contributed by atoms with E-state index in [9.17, 15) is 13.2 Å². The molecule has 0 unspecified atom stereocenters. The standard InChI is InChI=1S/C9H12F3N3/c10-9(11,12)8-6(3-4-13)7(14-15-8)5-1-2-5/h5H,1-4,13H2,(H,14,15). The van der Waals surface area contributed by atoms with Crippen molar-refractivity contribution in [3.05, 3.63) is 17.0 Å². The molecule has 0 bridgehead atoms. The van der Waals surface area contributed by atoms with Crippen molar-refractivity contribution in [1.29, 1.82) is 0 Å². The van der Waals surface area contributed by atoms with Gasteiger partial charge in [-0.2, -0.15) is 18.3 Å². The summed E-state index contributed by atoms with van der Waals surface area (Å²) in [7, 11) is 0. The Kier molecular flexibility index (Phi) is 2.46. The van der Waals surface area contributed by atoms with Gasteiger partial charge in [0.25, 0.3) is 0 Å². The molecule has 0 spiro atoms. The molecule has 1 fully saturated rings. The minimum absolute atomic E-state index is 0.211. The second-order valence-electron chi connectivity index (χ2n) is 3.78. The molecule has 1 saturated carbocycles. The molecule has 2 rings (SSSR count). The topological polar surface area (TPSA) is 54.7 Å². The highest BCUT2D eigenvalue weighted by molar-refractivity contribution is 5.32. The molecule has 84 valence electrons. The number of aromatic amines is 1. The molecule has 1 heterocycles. The largest absolute Gasteiger partial charge is 0.435 e. The number of rotatable bonds is 3. The number of nitrogens with zero attached hydrogens (tertiary/aromatic N) is 1. The van der Waals surface area contributed by atoms with Crippen LogP contribution in [-0.4, -0.2) is 16.7 Å². The third-order valence-electron chi connectivity index (χ3n) is 2.55. The molecule has 0 radical (unpaired) electrons. The fourth-order valence-electron chi connectivity index (χ4n) is 1.72. The van der Waals surface area contributed by atoms with Gasteiger partial charge in [0.2, 0.25) is 0 Å². The fraction of sp³-hybridized carbons (Fsp3) is 0.667. The number of halogens is 3. The van der Waals surface area contributed by atoms with Crippen LogP contribution in [0.5, 0.6) is 0 Å². The molecule has 0 aliphatic heterocycles. The monoisotopic (exact) mass is 219 g/mol. The van der Waals surface area contributed by atoms with Crippen LogP contribution in [0.15, 0.2) is 0 Å². The van der Waals surface area contributed by atoms with Crippen LogP contribution in [0.3, 0.4) is 0 Å². The van der Waals surface area contributed by atoms with Crippen molar-refractivity contribution in [2.24, 2.45) is 5.73 Å². The normalized spacial score (nSPS) is 17.1. The van der Waals surface area contributed by atoms with Crippen LogP contribution < -0.4 is 5.73 Å². The Morgan fingerprint density at radius 2 is 2.07 bits per heavy atom. The summed E-state index contributed by atoms with van der Waals surface area (Å²) in [6.07, 6.45) is -2.26. The van der Waals surface area contributed by atoms with E-state index in [4.69, 9.17) is 5.73 Å². The second-order valence-corrected chi connectivity index (χ2v) is 3.78. The van der Waals surface area contributed by atoms with Gasteiger partial charge in [-0.1, -0.05) is 0 Å². The number of aromatic nitrogens is 2. The zero-order valence-electron chi connectivity index (χ0n) is 8.06. The molecule has 0 saturated heterocycles. The average molecular weight is 219 g/mol. The van der Waals surface area contributed by atoms with E-state index in [1.807, 2.05) is 0 Å². The van der Waals surface area contributed by atoms with E-state index in [-0.39, 0.29) is 24.4 Å². The maximum absolute atomic E-state index is 12.5. The number of nitrogens with two attached hydrogens (primary N) is 1. The van der Waals surface area contributed by atoms with Gasteiger partial charge in [-0.05, 0) is 25.8 Å². The van der Waals surface area contributed by atoms with Crippen molar-refractivity contribution in [3.63, 3.8) is 0 Å². The van der Waals surface area contributed by atoms with E-state index in [0.29, 0.717) is 5.69 Å².